The SMILES string of the molecule is C=C/C=C(\C=C(/C)C#N)c1cnc2sc3c(=O)n(C4CCCCC4)cnc3c2c1N(C)C. The van der Waals surface area contributed by atoms with E-state index in [1.165, 1.54) is 17.8 Å². The molecule has 0 radical (unpaired) electrons. The van der Waals surface area contributed by atoms with Crippen LogP contribution >= 0.6 is 11.3 Å². The maximum atomic E-state index is 13.4. The lowest BCUT2D eigenvalue weighted by Crippen LogP contribution is -2.26. The average Bonchev–Trinajstić information content (AvgIpc) is 3.18. The maximum Gasteiger partial charge on any atom is 0.271 e. The molecule has 0 bridgehead atoms. The van der Waals surface area contributed by atoms with E-state index in [9.17, 15) is 10.1 Å². The topological polar surface area (TPSA) is 74.8 Å². The summed E-state index contributed by atoms with van der Waals surface area (Å²) in [5, 5.41) is 10.2. The van der Waals surface area contributed by atoms with Gasteiger partial charge in [-0.05, 0) is 31.4 Å². The van der Waals surface area contributed by atoms with Crippen molar-refractivity contribution in [2.24, 2.45) is 0 Å². The molecule has 0 unspecified atom stereocenters. The minimum Gasteiger partial charge on any atom is -0.376 e. The summed E-state index contributed by atoms with van der Waals surface area (Å²) in [6, 6.07) is 2.41. The number of nitriles is 1. The zero-order valence-corrected chi connectivity index (χ0v) is 19.6. The van der Waals surface area contributed by atoms with Crippen molar-refractivity contribution in [3.8, 4) is 6.07 Å². The molecule has 1 aliphatic carbocycles. The van der Waals surface area contributed by atoms with E-state index in [1.807, 2.05) is 41.9 Å². The molecule has 1 aliphatic rings. The van der Waals surface area contributed by atoms with Crippen molar-refractivity contribution in [3.05, 3.63) is 58.8 Å². The van der Waals surface area contributed by atoms with Gasteiger partial charge in [0.25, 0.3) is 5.56 Å². The van der Waals surface area contributed by atoms with Crippen molar-refractivity contribution in [3.63, 3.8) is 0 Å². The molecule has 0 amide bonds. The van der Waals surface area contributed by atoms with Crippen LogP contribution in [0.3, 0.4) is 0 Å². The molecule has 0 aliphatic heterocycles. The summed E-state index contributed by atoms with van der Waals surface area (Å²) in [5.74, 6) is 0. The first kappa shape index (κ1) is 22.0. The molecular weight excluding hydrogens is 418 g/mol. The van der Waals surface area contributed by atoms with Crippen molar-refractivity contribution in [1.29, 1.82) is 5.26 Å². The van der Waals surface area contributed by atoms with E-state index in [4.69, 9.17) is 9.97 Å². The second-order valence-electron chi connectivity index (χ2n) is 8.42. The summed E-state index contributed by atoms with van der Waals surface area (Å²) in [4.78, 5) is 25.7. The largest absolute Gasteiger partial charge is 0.376 e. The molecular formula is C25H27N5OS. The van der Waals surface area contributed by atoms with Crippen LogP contribution < -0.4 is 10.5 Å². The maximum absolute atomic E-state index is 13.4. The monoisotopic (exact) mass is 445 g/mol. The standard InChI is InChI=1S/C25H27N5OS/c1-5-9-17(12-16(2)13-26)19-14-27-24-20(22(19)29(3)4)21-23(32-24)25(31)30(15-28-21)18-10-7-6-8-11-18/h5,9,12,14-15,18H,1,6-8,10-11H2,2-4H3/b16-12+,17-9+. The Balaban J connectivity index is 1.99. The highest BCUT2D eigenvalue weighted by atomic mass is 32.1. The summed E-state index contributed by atoms with van der Waals surface area (Å²) < 4.78 is 2.48. The van der Waals surface area contributed by atoms with Crippen molar-refractivity contribution in [2.45, 2.75) is 45.1 Å². The number of aromatic nitrogens is 3. The number of anilines is 1. The minimum atomic E-state index is 0.0261. The molecule has 3 heterocycles. The number of hydrogen-bond acceptors (Lipinski definition) is 6. The first-order valence-electron chi connectivity index (χ1n) is 10.9. The fourth-order valence-corrected chi connectivity index (χ4v) is 5.53. The van der Waals surface area contributed by atoms with Crippen LogP contribution in [0.15, 0.2) is 47.7 Å². The number of nitrogens with zero attached hydrogens (tertiary/aromatic N) is 5. The van der Waals surface area contributed by atoms with E-state index >= 15 is 0 Å². The van der Waals surface area contributed by atoms with Gasteiger partial charge in [0.1, 0.15) is 9.53 Å². The van der Waals surface area contributed by atoms with Crippen LogP contribution in [-0.4, -0.2) is 28.6 Å². The molecule has 3 aromatic heterocycles. The third kappa shape index (κ3) is 3.87. The third-order valence-electron chi connectivity index (χ3n) is 5.98. The van der Waals surface area contributed by atoms with Gasteiger partial charge in [0, 0.05) is 37.5 Å². The predicted octanol–water partition coefficient (Wildman–Crippen LogP) is 5.62. The van der Waals surface area contributed by atoms with Gasteiger partial charge >= 0.3 is 0 Å². The van der Waals surface area contributed by atoms with Crippen LogP contribution in [0.2, 0.25) is 0 Å². The highest BCUT2D eigenvalue weighted by molar-refractivity contribution is 7.25. The second kappa shape index (κ2) is 9.09. The lowest BCUT2D eigenvalue weighted by Gasteiger charge is -2.23. The summed E-state index contributed by atoms with van der Waals surface area (Å²) in [6.07, 6.45) is 14.5. The van der Waals surface area contributed by atoms with E-state index in [2.05, 4.69) is 12.6 Å². The smallest absolute Gasteiger partial charge is 0.271 e. The van der Waals surface area contributed by atoms with Crippen LogP contribution in [0.1, 0.15) is 50.6 Å². The number of hydrogen-bond donors (Lipinski definition) is 0. The molecule has 3 aromatic rings. The molecule has 0 saturated heterocycles. The van der Waals surface area contributed by atoms with E-state index in [0.717, 1.165) is 52.7 Å². The molecule has 6 nitrogen and oxygen atoms in total. The van der Waals surface area contributed by atoms with Crippen LogP contribution in [0.5, 0.6) is 0 Å². The van der Waals surface area contributed by atoms with Gasteiger partial charge in [0.2, 0.25) is 0 Å². The van der Waals surface area contributed by atoms with Crippen LogP contribution in [0.4, 0.5) is 5.69 Å². The van der Waals surface area contributed by atoms with Gasteiger partial charge in [-0.15, -0.1) is 11.3 Å². The highest BCUT2D eigenvalue weighted by Gasteiger charge is 2.23. The number of rotatable bonds is 5. The Morgan fingerprint density at radius 3 is 2.72 bits per heavy atom. The third-order valence-corrected chi connectivity index (χ3v) is 7.05. The van der Waals surface area contributed by atoms with Crippen LogP contribution in [-0.2, 0) is 0 Å². The van der Waals surface area contributed by atoms with Gasteiger partial charge in [-0.3, -0.25) is 9.36 Å². The quantitative estimate of drug-likeness (QED) is 0.376. The number of fused-ring (bicyclic) bond motifs is 3. The molecule has 1 saturated carbocycles. The van der Waals surface area contributed by atoms with Crippen molar-refractivity contribution in [1.82, 2.24) is 14.5 Å². The molecule has 32 heavy (non-hydrogen) atoms. The molecule has 0 N–H and O–H groups in total. The first-order valence-corrected chi connectivity index (χ1v) is 11.7. The molecule has 1 fully saturated rings. The molecule has 0 aromatic carbocycles. The van der Waals surface area contributed by atoms with Gasteiger partial charge in [0.05, 0.1) is 29.0 Å². The van der Waals surface area contributed by atoms with Gasteiger partial charge in [-0.1, -0.05) is 38.0 Å². The summed E-state index contributed by atoms with van der Waals surface area (Å²) >= 11 is 1.41. The zero-order chi connectivity index (χ0) is 22.8. The van der Waals surface area contributed by atoms with Gasteiger partial charge in [-0.2, -0.15) is 5.26 Å². The minimum absolute atomic E-state index is 0.0261. The Kier molecular flexibility index (Phi) is 6.24. The Hall–Kier alpha value is -3.24. The van der Waals surface area contributed by atoms with Crippen molar-refractivity contribution in [2.75, 3.05) is 19.0 Å². The number of thiophene rings is 1. The molecule has 0 spiro atoms. The molecule has 7 heteroatoms. The normalized spacial score (nSPS) is 15.8. The van der Waals surface area contributed by atoms with Crippen LogP contribution in [0.25, 0.3) is 26.0 Å². The van der Waals surface area contributed by atoms with E-state index < -0.39 is 0 Å². The second-order valence-corrected chi connectivity index (χ2v) is 9.42. The van der Waals surface area contributed by atoms with E-state index in [0.29, 0.717) is 15.8 Å². The van der Waals surface area contributed by atoms with E-state index in [-0.39, 0.29) is 11.6 Å². The number of allylic oxidation sites excluding steroid dienone is 5. The zero-order valence-electron chi connectivity index (χ0n) is 18.8. The molecule has 0 atom stereocenters. The molecule has 4 rings (SSSR count). The van der Waals surface area contributed by atoms with Gasteiger partial charge < -0.3 is 4.90 Å². The number of pyridine rings is 1. The Labute approximate surface area is 191 Å². The van der Waals surface area contributed by atoms with Crippen molar-refractivity contribution < 1.29 is 0 Å². The predicted molar refractivity (Wildman–Crippen MR) is 133 cm³/mol. The van der Waals surface area contributed by atoms with Gasteiger partial charge in [-0.25, -0.2) is 9.97 Å². The Morgan fingerprint density at radius 2 is 2.06 bits per heavy atom. The van der Waals surface area contributed by atoms with Crippen LogP contribution in [0, 0.1) is 11.3 Å². The fourth-order valence-electron chi connectivity index (χ4n) is 4.50. The lowest BCUT2D eigenvalue weighted by atomic mass is 9.95. The Morgan fingerprint density at radius 1 is 1.31 bits per heavy atom. The van der Waals surface area contributed by atoms with E-state index in [1.54, 1.807) is 19.3 Å². The Bertz CT molecular complexity index is 1350. The fraction of sp³-hybridized carbons (Fsp3) is 0.360. The average molecular weight is 446 g/mol. The first-order chi connectivity index (χ1) is 15.5. The molecule has 164 valence electrons. The summed E-state index contributed by atoms with van der Waals surface area (Å²) in [7, 11) is 3.94. The van der Waals surface area contributed by atoms with Gasteiger partial charge in [0.15, 0.2) is 0 Å². The summed E-state index contributed by atoms with van der Waals surface area (Å²) in [5.41, 5.74) is 3.95. The highest BCUT2D eigenvalue weighted by Crippen LogP contribution is 2.40. The lowest BCUT2D eigenvalue weighted by molar-refractivity contribution is 0.345. The summed E-state index contributed by atoms with van der Waals surface area (Å²) in [6.45, 7) is 5.60. The van der Waals surface area contributed by atoms with Crippen molar-refractivity contribution >= 4 is 43.0 Å².